The van der Waals surface area contributed by atoms with Gasteiger partial charge in [0, 0.05) is 17.4 Å². The molecule has 1 aliphatic rings. The van der Waals surface area contributed by atoms with E-state index in [0.29, 0.717) is 0 Å². The molecule has 1 unspecified atom stereocenters. The number of para-hydroxylation sites is 1. The maximum absolute atomic E-state index is 13.4. The van der Waals surface area contributed by atoms with Crippen molar-refractivity contribution >= 4 is 23.2 Å². The third-order valence-electron chi connectivity index (χ3n) is 5.44. The molecular weight excluding hydrogens is 336 g/mol. The van der Waals surface area contributed by atoms with Gasteiger partial charge in [-0.3, -0.25) is 9.59 Å². The first-order chi connectivity index (χ1) is 12.6. The van der Waals surface area contributed by atoms with Gasteiger partial charge in [0.15, 0.2) is 0 Å². The number of benzene rings is 2. The smallest absolute Gasteiger partial charge is 0.242 e. The first-order valence-corrected chi connectivity index (χ1v) is 9.43. The second kappa shape index (κ2) is 6.84. The minimum absolute atomic E-state index is 0.0461. The van der Waals surface area contributed by atoms with Crippen LogP contribution in [0.2, 0.25) is 0 Å². The summed E-state index contributed by atoms with van der Waals surface area (Å²) in [4.78, 5) is 28.2. The summed E-state index contributed by atoms with van der Waals surface area (Å²) in [6, 6.07) is 12.0. The highest BCUT2D eigenvalue weighted by Crippen LogP contribution is 2.36. The lowest BCUT2D eigenvalue weighted by atomic mass is 9.89. The summed E-state index contributed by atoms with van der Waals surface area (Å²) < 4.78 is 0. The third-order valence-corrected chi connectivity index (χ3v) is 5.44. The molecule has 2 aromatic carbocycles. The highest BCUT2D eigenvalue weighted by Gasteiger charge is 2.43. The van der Waals surface area contributed by atoms with Gasteiger partial charge in [-0.25, -0.2) is 0 Å². The number of anilines is 2. The zero-order valence-corrected chi connectivity index (χ0v) is 17.0. The standard InChI is InChI=1S/C23H28N2O2/c1-14-11-15(2)20(16(3)12-14)24-21(26)23(5,6)22(27)25-17(4)13-18-9-7-8-10-19(18)25/h7-12,17H,13H2,1-6H3,(H,24,26). The Morgan fingerprint density at radius 3 is 2.30 bits per heavy atom. The molecule has 1 aliphatic heterocycles. The fourth-order valence-corrected chi connectivity index (χ4v) is 3.92. The van der Waals surface area contributed by atoms with Crippen LogP contribution in [-0.4, -0.2) is 17.9 Å². The molecule has 1 heterocycles. The second-order valence-electron chi connectivity index (χ2n) is 8.21. The number of nitrogens with zero attached hydrogens (tertiary/aromatic N) is 1. The van der Waals surface area contributed by atoms with Crippen LogP contribution < -0.4 is 10.2 Å². The van der Waals surface area contributed by atoms with Crippen LogP contribution in [0, 0.1) is 26.2 Å². The molecule has 0 saturated carbocycles. The van der Waals surface area contributed by atoms with Crippen LogP contribution in [0.1, 0.15) is 43.0 Å². The summed E-state index contributed by atoms with van der Waals surface area (Å²) in [6.45, 7) is 11.4. The number of aryl methyl sites for hydroxylation is 3. The van der Waals surface area contributed by atoms with Crippen LogP contribution in [-0.2, 0) is 16.0 Å². The van der Waals surface area contributed by atoms with E-state index in [2.05, 4.69) is 5.32 Å². The molecule has 0 aromatic heterocycles. The predicted molar refractivity (Wildman–Crippen MR) is 110 cm³/mol. The van der Waals surface area contributed by atoms with Crippen molar-refractivity contribution in [3.8, 4) is 0 Å². The lowest BCUT2D eigenvalue weighted by molar-refractivity contribution is -0.136. The Morgan fingerprint density at radius 1 is 1.07 bits per heavy atom. The average Bonchev–Trinajstić information content (AvgIpc) is 2.92. The Balaban J connectivity index is 1.88. The third kappa shape index (κ3) is 3.36. The van der Waals surface area contributed by atoms with Gasteiger partial charge in [0.05, 0.1) is 0 Å². The molecule has 3 rings (SSSR count). The van der Waals surface area contributed by atoms with E-state index in [9.17, 15) is 9.59 Å². The quantitative estimate of drug-likeness (QED) is 0.812. The zero-order chi connectivity index (χ0) is 19.9. The molecule has 0 spiro atoms. The minimum atomic E-state index is -1.17. The molecule has 0 fully saturated rings. The summed E-state index contributed by atoms with van der Waals surface area (Å²) in [7, 11) is 0. The van der Waals surface area contributed by atoms with Crippen molar-refractivity contribution in [1.82, 2.24) is 0 Å². The van der Waals surface area contributed by atoms with E-state index in [1.54, 1.807) is 18.7 Å². The van der Waals surface area contributed by atoms with Crippen LogP contribution in [0.3, 0.4) is 0 Å². The van der Waals surface area contributed by atoms with Gasteiger partial charge in [-0.2, -0.15) is 0 Å². The Hall–Kier alpha value is -2.62. The summed E-state index contributed by atoms with van der Waals surface area (Å²) in [5.74, 6) is -0.445. The SMILES string of the molecule is Cc1cc(C)c(NC(=O)C(C)(C)C(=O)N2c3ccccc3CC2C)c(C)c1. The first-order valence-electron chi connectivity index (χ1n) is 9.43. The number of fused-ring (bicyclic) bond motifs is 1. The van der Waals surface area contributed by atoms with Crippen LogP contribution in [0.5, 0.6) is 0 Å². The normalized spacial score (nSPS) is 16.2. The molecule has 0 aliphatic carbocycles. The van der Waals surface area contributed by atoms with Gasteiger partial charge in [-0.1, -0.05) is 35.9 Å². The van der Waals surface area contributed by atoms with Gasteiger partial charge in [0.2, 0.25) is 11.8 Å². The lowest BCUT2D eigenvalue weighted by Crippen LogP contribution is -2.49. The molecule has 1 atom stereocenters. The first kappa shape index (κ1) is 19.2. The Bertz CT molecular complexity index is 891. The summed E-state index contributed by atoms with van der Waals surface area (Å²) in [6.07, 6.45) is 0.815. The highest BCUT2D eigenvalue weighted by molar-refractivity contribution is 6.15. The van der Waals surface area contributed by atoms with E-state index in [4.69, 9.17) is 0 Å². The van der Waals surface area contributed by atoms with E-state index in [1.165, 1.54) is 0 Å². The van der Waals surface area contributed by atoms with Gasteiger partial charge in [-0.15, -0.1) is 0 Å². The number of hydrogen-bond donors (Lipinski definition) is 1. The molecule has 27 heavy (non-hydrogen) atoms. The summed E-state index contributed by atoms with van der Waals surface area (Å²) >= 11 is 0. The van der Waals surface area contributed by atoms with Crippen molar-refractivity contribution < 1.29 is 9.59 Å². The average molecular weight is 364 g/mol. The van der Waals surface area contributed by atoms with Crippen LogP contribution in [0.25, 0.3) is 0 Å². The summed E-state index contributed by atoms with van der Waals surface area (Å²) in [5, 5.41) is 3.00. The van der Waals surface area contributed by atoms with Crippen LogP contribution >= 0.6 is 0 Å². The molecule has 2 amide bonds. The number of carbonyl (C=O) groups excluding carboxylic acids is 2. The van der Waals surface area contributed by atoms with E-state index in [1.807, 2.05) is 64.1 Å². The highest BCUT2D eigenvalue weighted by atomic mass is 16.2. The van der Waals surface area contributed by atoms with E-state index in [-0.39, 0.29) is 17.9 Å². The minimum Gasteiger partial charge on any atom is -0.325 e. The zero-order valence-electron chi connectivity index (χ0n) is 17.0. The molecule has 4 nitrogen and oxygen atoms in total. The number of carbonyl (C=O) groups is 2. The Kier molecular flexibility index (Phi) is 4.85. The van der Waals surface area contributed by atoms with Crippen LogP contribution in [0.15, 0.2) is 36.4 Å². The lowest BCUT2D eigenvalue weighted by Gasteiger charge is -2.32. The number of rotatable bonds is 3. The molecular formula is C23H28N2O2. The van der Waals surface area contributed by atoms with Crippen molar-refractivity contribution in [1.29, 1.82) is 0 Å². The molecule has 142 valence electrons. The van der Waals surface area contributed by atoms with Crippen LogP contribution in [0.4, 0.5) is 11.4 Å². The maximum atomic E-state index is 13.4. The number of amides is 2. The molecule has 0 radical (unpaired) electrons. The number of hydrogen-bond acceptors (Lipinski definition) is 2. The second-order valence-corrected chi connectivity index (χ2v) is 8.21. The van der Waals surface area contributed by atoms with Crippen molar-refractivity contribution in [3.05, 3.63) is 58.7 Å². The van der Waals surface area contributed by atoms with Gasteiger partial charge in [-0.05, 0) is 70.7 Å². The van der Waals surface area contributed by atoms with Gasteiger partial charge in [0.1, 0.15) is 5.41 Å². The van der Waals surface area contributed by atoms with Gasteiger partial charge < -0.3 is 10.2 Å². The van der Waals surface area contributed by atoms with E-state index in [0.717, 1.165) is 40.0 Å². The predicted octanol–water partition coefficient (Wildman–Crippen LogP) is 4.55. The van der Waals surface area contributed by atoms with Crippen molar-refractivity contribution in [3.63, 3.8) is 0 Å². The Labute approximate surface area is 161 Å². The number of nitrogens with one attached hydrogen (secondary N) is 1. The summed E-state index contributed by atoms with van der Waals surface area (Å²) in [5.41, 5.74) is 4.85. The fraction of sp³-hybridized carbons (Fsp3) is 0.391. The molecule has 0 saturated heterocycles. The van der Waals surface area contributed by atoms with Crippen molar-refractivity contribution in [2.75, 3.05) is 10.2 Å². The van der Waals surface area contributed by atoms with Gasteiger partial charge in [0.25, 0.3) is 0 Å². The van der Waals surface area contributed by atoms with Crippen molar-refractivity contribution in [2.45, 2.75) is 54.0 Å². The van der Waals surface area contributed by atoms with E-state index >= 15 is 0 Å². The molecule has 2 aromatic rings. The molecule has 4 heteroatoms. The van der Waals surface area contributed by atoms with E-state index < -0.39 is 5.41 Å². The largest absolute Gasteiger partial charge is 0.325 e. The fourth-order valence-electron chi connectivity index (χ4n) is 3.92. The molecule has 0 bridgehead atoms. The maximum Gasteiger partial charge on any atom is 0.242 e. The van der Waals surface area contributed by atoms with Crippen molar-refractivity contribution in [2.24, 2.45) is 5.41 Å². The topological polar surface area (TPSA) is 49.4 Å². The molecule has 1 N–H and O–H groups in total. The monoisotopic (exact) mass is 364 g/mol. The Morgan fingerprint density at radius 2 is 1.67 bits per heavy atom. The van der Waals surface area contributed by atoms with Gasteiger partial charge >= 0.3 is 0 Å².